The average Bonchev–Trinajstić information content (AvgIpc) is 2.33. The molecular weight excluding hydrogens is 214 g/mol. The highest BCUT2D eigenvalue weighted by molar-refractivity contribution is 5.87. The number of aryl methyl sites for hydroxylation is 1. The van der Waals surface area contributed by atoms with Crippen LogP contribution in [0.2, 0.25) is 0 Å². The van der Waals surface area contributed by atoms with Gasteiger partial charge in [0.25, 0.3) is 0 Å². The van der Waals surface area contributed by atoms with Gasteiger partial charge in [-0.2, -0.15) is 0 Å². The third-order valence-corrected chi connectivity index (χ3v) is 3.50. The van der Waals surface area contributed by atoms with Crippen molar-refractivity contribution in [1.29, 1.82) is 0 Å². The van der Waals surface area contributed by atoms with Crippen LogP contribution in [0.3, 0.4) is 0 Å². The second kappa shape index (κ2) is 5.27. The molecule has 2 heterocycles. The van der Waals surface area contributed by atoms with E-state index >= 15 is 0 Å². The maximum atomic E-state index is 11.8. The van der Waals surface area contributed by atoms with Gasteiger partial charge in [-0.25, -0.2) is 0 Å². The van der Waals surface area contributed by atoms with Crippen LogP contribution < -0.4 is 10.6 Å². The molecule has 0 spiro atoms. The normalized spacial score (nSPS) is 22.9. The Balaban J connectivity index is 1.83. The van der Waals surface area contributed by atoms with Crippen molar-refractivity contribution in [3.8, 4) is 0 Å². The topological polar surface area (TPSA) is 54.0 Å². The largest absolute Gasteiger partial charge is 0.358 e. The smallest absolute Gasteiger partial charge is 0.240 e. The standard InChI is InChI=1S/C13H19N3O/c1-14-12(17)13(7-10-16-13)6-2-3-11-4-8-15-9-5-11/h4-5,8-9,16H,2-3,6-7,10H2,1H3,(H,14,17)/t13-/m0/s1. The molecule has 2 N–H and O–H groups in total. The lowest BCUT2D eigenvalue weighted by molar-refractivity contribution is -0.130. The van der Waals surface area contributed by atoms with E-state index in [0.29, 0.717) is 0 Å². The summed E-state index contributed by atoms with van der Waals surface area (Å²) in [4.78, 5) is 15.8. The van der Waals surface area contributed by atoms with Crippen molar-refractivity contribution < 1.29 is 4.79 Å². The van der Waals surface area contributed by atoms with Crippen molar-refractivity contribution in [3.05, 3.63) is 30.1 Å². The first-order valence-corrected chi connectivity index (χ1v) is 6.13. The van der Waals surface area contributed by atoms with Crippen LogP contribution in [0.25, 0.3) is 0 Å². The Morgan fingerprint density at radius 2 is 2.24 bits per heavy atom. The summed E-state index contributed by atoms with van der Waals surface area (Å²) in [7, 11) is 1.70. The van der Waals surface area contributed by atoms with Crippen LogP contribution in [0.5, 0.6) is 0 Å². The Morgan fingerprint density at radius 3 is 2.76 bits per heavy atom. The van der Waals surface area contributed by atoms with Gasteiger partial charge in [-0.3, -0.25) is 9.78 Å². The highest BCUT2D eigenvalue weighted by Gasteiger charge is 2.42. The fourth-order valence-electron chi connectivity index (χ4n) is 2.33. The Morgan fingerprint density at radius 1 is 1.53 bits per heavy atom. The number of nitrogens with zero attached hydrogens (tertiary/aromatic N) is 1. The number of likely N-dealkylation sites (N-methyl/N-ethyl adjacent to an activating group) is 1. The number of carbonyl (C=O) groups is 1. The van der Waals surface area contributed by atoms with E-state index in [9.17, 15) is 4.79 Å². The summed E-state index contributed by atoms with van der Waals surface area (Å²) in [5.74, 6) is 0.124. The molecule has 1 aliphatic rings. The minimum atomic E-state index is -0.304. The number of rotatable bonds is 5. The molecule has 17 heavy (non-hydrogen) atoms. The van der Waals surface area contributed by atoms with E-state index in [1.807, 2.05) is 24.5 Å². The number of hydrogen-bond acceptors (Lipinski definition) is 3. The summed E-state index contributed by atoms with van der Waals surface area (Å²) >= 11 is 0. The van der Waals surface area contributed by atoms with Crippen LogP contribution in [0.1, 0.15) is 24.8 Å². The lowest BCUT2D eigenvalue weighted by atomic mass is 9.81. The summed E-state index contributed by atoms with van der Waals surface area (Å²) in [6.45, 7) is 0.947. The summed E-state index contributed by atoms with van der Waals surface area (Å²) in [6, 6.07) is 4.06. The molecule has 2 rings (SSSR count). The first kappa shape index (κ1) is 12.0. The molecule has 0 aromatic carbocycles. The molecule has 0 radical (unpaired) electrons. The van der Waals surface area contributed by atoms with Crippen molar-refractivity contribution in [2.45, 2.75) is 31.2 Å². The van der Waals surface area contributed by atoms with Gasteiger partial charge in [-0.1, -0.05) is 0 Å². The van der Waals surface area contributed by atoms with Crippen molar-refractivity contribution >= 4 is 5.91 Å². The van der Waals surface area contributed by atoms with Gasteiger partial charge >= 0.3 is 0 Å². The van der Waals surface area contributed by atoms with E-state index in [0.717, 1.165) is 32.2 Å². The quantitative estimate of drug-likeness (QED) is 0.794. The summed E-state index contributed by atoms with van der Waals surface area (Å²) in [6.07, 6.45) is 7.49. The molecule has 1 saturated heterocycles. The van der Waals surface area contributed by atoms with Crippen LogP contribution in [-0.2, 0) is 11.2 Å². The third kappa shape index (κ3) is 2.64. The molecule has 1 amide bonds. The van der Waals surface area contributed by atoms with Gasteiger partial charge in [0.05, 0.1) is 5.54 Å². The zero-order chi connectivity index (χ0) is 12.1. The van der Waals surface area contributed by atoms with Gasteiger partial charge in [-0.15, -0.1) is 0 Å². The molecule has 1 atom stereocenters. The lowest BCUT2D eigenvalue weighted by Crippen LogP contribution is -2.65. The molecule has 0 bridgehead atoms. The molecular formula is C13H19N3O. The molecule has 0 saturated carbocycles. The third-order valence-electron chi connectivity index (χ3n) is 3.50. The zero-order valence-electron chi connectivity index (χ0n) is 10.2. The molecule has 1 aromatic rings. The van der Waals surface area contributed by atoms with Gasteiger partial charge in [0, 0.05) is 19.4 Å². The number of aromatic nitrogens is 1. The number of amides is 1. The minimum Gasteiger partial charge on any atom is -0.358 e. The van der Waals surface area contributed by atoms with E-state index in [1.54, 1.807) is 7.05 Å². The SMILES string of the molecule is CNC(=O)[C@]1(CCCc2ccncc2)CCN1. The first-order chi connectivity index (χ1) is 8.27. The summed E-state index contributed by atoms with van der Waals surface area (Å²) in [5.41, 5.74) is 0.980. The van der Waals surface area contributed by atoms with Gasteiger partial charge in [0.2, 0.25) is 5.91 Å². The van der Waals surface area contributed by atoms with Crippen molar-refractivity contribution in [1.82, 2.24) is 15.6 Å². The first-order valence-electron chi connectivity index (χ1n) is 6.13. The lowest BCUT2D eigenvalue weighted by Gasteiger charge is -2.41. The second-order valence-electron chi connectivity index (χ2n) is 4.55. The average molecular weight is 233 g/mol. The molecule has 92 valence electrons. The highest BCUT2D eigenvalue weighted by Crippen LogP contribution is 2.25. The molecule has 4 heteroatoms. The van der Waals surface area contributed by atoms with E-state index in [4.69, 9.17) is 0 Å². The van der Waals surface area contributed by atoms with Gasteiger partial charge in [0.1, 0.15) is 0 Å². The molecule has 1 aliphatic heterocycles. The minimum absolute atomic E-state index is 0.124. The van der Waals surface area contributed by atoms with Crippen molar-refractivity contribution in [2.24, 2.45) is 0 Å². The van der Waals surface area contributed by atoms with Crippen LogP contribution in [0.4, 0.5) is 0 Å². The number of hydrogen-bond donors (Lipinski definition) is 2. The number of nitrogens with one attached hydrogen (secondary N) is 2. The molecule has 4 nitrogen and oxygen atoms in total. The fourth-order valence-corrected chi connectivity index (χ4v) is 2.33. The number of pyridine rings is 1. The van der Waals surface area contributed by atoms with E-state index in [-0.39, 0.29) is 11.4 Å². The van der Waals surface area contributed by atoms with Crippen molar-refractivity contribution in [3.63, 3.8) is 0 Å². The Kier molecular flexibility index (Phi) is 3.74. The fraction of sp³-hybridized carbons (Fsp3) is 0.538. The highest BCUT2D eigenvalue weighted by atomic mass is 16.2. The van der Waals surface area contributed by atoms with Crippen molar-refractivity contribution in [2.75, 3.05) is 13.6 Å². The Labute approximate surface area is 102 Å². The zero-order valence-corrected chi connectivity index (χ0v) is 10.2. The molecule has 0 unspecified atom stereocenters. The van der Waals surface area contributed by atoms with Crippen LogP contribution in [0.15, 0.2) is 24.5 Å². The van der Waals surface area contributed by atoms with E-state index in [1.165, 1.54) is 5.56 Å². The monoisotopic (exact) mass is 233 g/mol. The summed E-state index contributed by atoms with van der Waals surface area (Å²) in [5, 5.41) is 6.02. The van der Waals surface area contributed by atoms with Crippen LogP contribution in [-0.4, -0.2) is 30.0 Å². The predicted octanol–water partition coefficient (Wildman–Crippen LogP) is 0.882. The maximum absolute atomic E-state index is 11.8. The van der Waals surface area contributed by atoms with Gasteiger partial charge in [-0.05, 0) is 49.9 Å². The summed E-state index contributed by atoms with van der Waals surface area (Å²) < 4.78 is 0. The van der Waals surface area contributed by atoms with Crippen LogP contribution >= 0.6 is 0 Å². The van der Waals surface area contributed by atoms with E-state index in [2.05, 4.69) is 15.6 Å². The molecule has 1 aromatic heterocycles. The molecule has 0 aliphatic carbocycles. The van der Waals surface area contributed by atoms with Crippen LogP contribution in [0, 0.1) is 0 Å². The van der Waals surface area contributed by atoms with Gasteiger partial charge in [0.15, 0.2) is 0 Å². The molecule has 1 fully saturated rings. The Bertz CT molecular complexity index is 374. The maximum Gasteiger partial charge on any atom is 0.240 e. The predicted molar refractivity (Wildman–Crippen MR) is 66.6 cm³/mol. The van der Waals surface area contributed by atoms with E-state index < -0.39 is 0 Å². The number of carbonyl (C=O) groups excluding carboxylic acids is 1. The van der Waals surface area contributed by atoms with Gasteiger partial charge < -0.3 is 10.6 Å². The Hall–Kier alpha value is -1.42. The second-order valence-corrected chi connectivity index (χ2v) is 4.55.